The smallest absolute Gasteiger partial charge is 0.255 e. The SMILES string of the molecule is CCOc1cc(C=Nc2sc3c(c2C(=O)NCc2ccco2)CCCC3)ccc1O. The summed E-state index contributed by atoms with van der Waals surface area (Å²) in [6, 6.07) is 8.74. The minimum absolute atomic E-state index is 0.0959. The summed E-state index contributed by atoms with van der Waals surface area (Å²) in [4.78, 5) is 18.9. The topological polar surface area (TPSA) is 84.1 Å². The molecule has 0 aliphatic heterocycles. The number of aromatic hydroxyl groups is 1. The maximum Gasteiger partial charge on any atom is 0.255 e. The maximum absolute atomic E-state index is 13.0. The predicted octanol–water partition coefficient (Wildman–Crippen LogP) is 5.00. The van der Waals surface area contributed by atoms with E-state index in [0.717, 1.165) is 36.8 Å². The van der Waals surface area contributed by atoms with Crippen molar-refractivity contribution in [2.24, 2.45) is 4.99 Å². The molecule has 1 aliphatic carbocycles. The lowest BCUT2D eigenvalue weighted by molar-refractivity contribution is 0.0948. The van der Waals surface area contributed by atoms with Gasteiger partial charge in [-0.1, -0.05) is 0 Å². The molecule has 0 fully saturated rings. The lowest BCUT2D eigenvalue weighted by atomic mass is 9.95. The molecule has 156 valence electrons. The van der Waals surface area contributed by atoms with E-state index in [0.29, 0.717) is 35.2 Å². The third kappa shape index (κ3) is 4.41. The fourth-order valence-corrected chi connectivity index (χ4v) is 4.79. The molecule has 0 atom stereocenters. The second kappa shape index (κ2) is 9.17. The van der Waals surface area contributed by atoms with Crippen molar-refractivity contribution in [2.75, 3.05) is 6.61 Å². The van der Waals surface area contributed by atoms with E-state index in [9.17, 15) is 9.90 Å². The number of hydrogen-bond acceptors (Lipinski definition) is 6. The van der Waals surface area contributed by atoms with Crippen molar-refractivity contribution < 1.29 is 19.1 Å². The van der Waals surface area contributed by atoms with Crippen LogP contribution in [0.5, 0.6) is 11.5 Å². The van der Waals surface area contributed by atoms with Gasteiger partial charge in [0.15, 0.2) is 11.5 Å². The van der Waals surface area contributed by atoms with Crippen molar-refractivity contribution in [2.45, 2.75) is 39.2 Å². The fraction of sp³-hybridized carbons (Fsp3) is 0.304. The Morgan fingerprint density at radius 1 is 1.33 bits per heavy atom. The Kier molecular flexibility index (Phi) is 6.18. The summed E-state index contributed by atoms with van der Waals surface area (Å²) in [6.07, 6.45) is 7.42. The molecule has 1 aromatic carbocycles. The molecule has 2 aromatic heterocycles. The number of nitrogens with zero attached hydrogens (tertiary/aromatic N) is 1. The molecule has 1 aliphatic rings. The Bertz CT molecular complexity index is 1050. The van der Waals surface area contributed by atoms with Crippen LogP contribution < -0.4 is 10.1 Å². The Morgan fingerprint density at radius 2 is 2.20 bits per heavy atom. The fourth-order valence-electron chi connectivity index (χ4n) is 3.56. The summed E-state index contributed by atoms with van der Waals surface area (Å²) < 4.78 is 10.8. The van der Waals surface area contributed by atoms with Crippen molar-refractivity contribution in [1.82, 2.24) is 5.32 Å². The van der Waals surface area contributed by atoms with E-state index in [1.807, 2.05) is 13.0 Å². The third-order valence-corrected chi connectivity index (χ3v) is 6.20. The van der Waals surface area contributed by atoms with Crippen LogP contribution in [-0.4, -0.2) is 23.8 Å². The van der Waals surface area contributed by atoms with Gasteiger partial charge in [-0.15, -0.1) is 11.3 Å². The molecule has 0 saturated carbocycles. The first-order valence-electron chi connectivity index (χ1n) is 10.1. The number of fused-ring (bicyclic) bond motifs is 1. The molecule has 2 heterocycles. The molecule has 3 aromatic rings. The van der Waals surface area contributed by atoms with Crippen LogP contribution in [0.3, 0.4) is 0 Å². The number of carbonyl (C=O) groups is 1. The van der Waals surface area contributed by atoms with Gasteiger partial charge in [0.2, 0.25) is 0 Å². The normalized spacial score (nSPS) is 13.4. The minimum atomic E-state index is -0.126. The molecular formula is C23H24N2O4S. The van der Waals surface area contributed by atoms with Gasteiger partial charge in [0.05, 0.1) is 25.0 Å². The number of furan rings is 1. The Labute approximate surface area is 179 Å². The summed E-state index contributed by atoms with van der Waals surface area (Å²) in [6.45, 7) is 2.67. The van der Waals surface area contributed by atoms with Gasteiger partial charge in [-0.05, 0) is 74.1 Å². The number of aryl methyl sites for hydroxylation is 1. The van der Waals surface area contributed by atoms with Gasteiger partial charge in [-0.2, -0.15) is 0 Å². The second-order valence-corrected chi connectivity index (χ2v) is 8.16. The van der Waals surface area contributed by atoms with Crippen molar-refractivity contribution in [1.29, 1.82) is 0 Å². The average molecular weight is 425 g/mol. The number of amides is 1. The van der Waals surface area contributed by atoms with Gasteiger partial charge >= 0.3 is 0 Å². The van der Waals surface area contributed by atoms with Crippen LogP contribution in [-0.2, 0) is 19.4 Å². The number of phenolic OH excluding ortho intramolecular Hbond substituents is 1. The molecule has 0 radical (unpaired) electrons. The van der Waals surface area contributed by atoms with E-state index in [1.165, 1.54) is 4.88 Å². The van der Waals surface area contributed by atoms with E-state index in [1.54, 1.807) is 48.1 Å². The number of thiophene rings is 1. The van der Waals surface area contributed by atoms with E-state index in [2.05, 4.69) is 10.3 Å². The molecule has 0 unspecified atom stereocenters. The molecule has 6 nitrogen and oxygen atoms in total. The number of aliphatic imine (C=N–C) groups is 1. The molecule has 1 amide bonds. The number of phenols is 1. The molecule has 7 heteroatoms. The molecule has 0 saturated heterocycles. The summed E-state index contributed by atoms with van der Waals surface area (Å²) in [7, 11) is 0. The van der Waals surface area contributed by atoms with Crippen LogP contribution in [0.1, 0.15) is 51.9 Å². The summed E-state index contributed by atoms with van der Waals surface area (Å²) in [5.74, 6) is 1.10. The largest absolute Gasteiger partial charge is 0.504 e. The quantitative estimate of drug-likeness (QED) is 0.523. The zero-order valence-corrected chi connectivity index (χ0v) is 17.6. The average Bonchev–Trinajstić information content (AvgIpc) is 3.40. The molecule has 0 spiro atoms. The van der Waals surface area contributed by atoms with Gasteiger partial charge in [0.25, 0.3) is 5.91 Å². The predicted molar refractivity (Wildman–Crippen MR) is 117 cm³/mol. The minimum Gasteiger partial charge on any atom is -0.504 e. The lowest BCUT2D eigenvalue weighted by Gasteiger charge is -2.12. The first-order chi connectivity index (χ1) is 14.7. The van der Waals surface area contributed by atoms with Crippen molar-refractivity contribution >= 4 is 28.5 Å². The maximum atomic E-state index is 13.0. The number of ether oxygens (including phenoxy) is 1. The highest BCUT2D eigenvalue weighted by atomic mass is 32.1. The molecule has 4 rings (SSSR count). The van der Waals surface area contributed by atoms with Crippen molar-refractivity contribution in [3.63, 3.8) is 0 Å². The number of nitrogens with one attached hydrogen (secondary N) is 1. The highest BCUT2D eigenvalue weighted by Gasteiger charge is 2.25. The summed E-state index contributed by atoms with van der Waals surface area (Å²) in [5, 5.41) is 13.6. The summed E-state index contributed by atoms with van der Waals surface area (Å²) >= 11 is 1.59. The highest BCUT2D eigenvalue weighted by molar-refractivity contribution is 7.16. The number of hydrogen-bond donors (Lipinski definition) is 2. The number of rotatable bonds is 7. The van der Waals surface area contributed by atoms with Crippen molar-refractivity contribution in [3.8, 4) is 11.5 Å². The number of carbonyl (C=O) groups excluding carboxylic acids is 1. The molecule has 0 bridgehead atoms. The van der Waals surface area contributed by atoms with Gasteiger partial charge in [0.1, 0.15) is 10.8 Å². The van der Waals surface area contributed by atoms with E-state index in [4.69, 9.17) is 9.15 Å². The van der Waals surface area contributed by atoms with Crippen LogP contribution in [0.15, 0.2) is 46.0 Å². The van der Waals surface area contributed by atoms with E-state index < -0.39 is 0 Å². The summed E-state index contributed by atoms with van der Waals surface area (Å²) in [5.41, 5.74) is 2.59. The van der Waals surface area contributed by atoms with E-state index >= 15 is 0 Å². The Morgan fingerprint density at radius 3 is 3.00 bits per heavy atom. The zero-order chi connectivity index (χ0) is 20.9. The Hall–Kier alpha value is -3.06. The highest BCUT2D eigenvalue weighted by Crippen LogP contribution is 2.40. The molecular weight excluding hydrogens is 400 g/mol. The van der Waals surface area contributed by atoms with Gasteiger partial charge in [-0.25, -0.2) is 4.99 Å². The first kappa shape index (κ1) is 20.2. The van der Waals surface area contributed by atoms with Crippen LogP contribution in [0.25, 0.3) is 0 Å². The van der Waals surface area contributed by atoms with Crippen LogP contribution in [0.2, 0.25) is 0 Å². The standard InChI is InChI=1S/C23H24N2O4S/c1-2-28-19-12-15(9-10-18(19)26)13-25-23-21(17-7-3-4-8-20(17)30-23)22(27)24-14-16-6-5-11-29-16/h5-6,9-13,26H,2-4,7-8,14H2,1H3,(H,24,27). The monoisotopic (exact) mass is 424 g/mol. The van der Waals surface area contributed by atoms with Crippen LogP contribution in [0.4, 0.5) is 5.00 Å². The first-order valence-corrected chi connectivity index (χ1v) is 10.9. The lowest BCUT2D eigenvalue weighted by Crippen LogP contribution is -2.23. The van der Waals surface area contributed by atoms with Gasteiger partial charge in [0, 0.05) is 11.1 Å². The molecule has 30 heavy (non-hydrogen) atoms. The van der Waals surface area contributed by atoms with Crippen molar-refractivity contribution in [3.05, 3.63) is 63.9 Å². The van der Waals surface area contributed by atoms with Crippen LogP contribution >= 0.6 is 11.3 Å². The third-order valence-electron chi connectivity index (χ3n) is 5.00. The Balaban J connectivity index is 1.61. The van der Waals surface area contributed by atoms with Crippen LogP contribution in [0, 0.1) is 0 Å². The van der Waals surface area contributed by atoms with E-state index in [-0.39, 0.29) is 11.7 Å². The molecule has 2 N–H and O–H groups in total. The van der Waals surface area contributed by atoms with Gasteiger partial charge < -0.3 is 19.6 Å². The van der Waals surface area contributed by atoms with Gasteiger partial charge in [-0.3, -0.25) is 4.79 Å². The second-order valence-electron chi connectivity index (χ2n) is 7.07. The zero-order valence-electron chi connectivity index (χ0n) is 16.8. The number of benzene rings is 1.